The van der Waals surface area contributed by atoms with E-state index in [1.165, 1.54) is 18.3 Å². The van der Waals surface area contributed by atoms with Gasteiger partial charge in [-0.25, -0.2) is 4.98 Å². The zero-order chi connectivity index (χ0) is 13.1. The van der Waals surface area contributed by atoms with E-state index in [-0.39, 0.29) is 5.78 Å². The van der Waals surface area contributed by atoms with Crippen LogP contribution in [0, 0.1) is 0 Å². The van der Waals surface area contributed by atoms with Gasteiger partial charge in [0.1, 0.15) is 16.5 Å². The van der Waals surface area contributed by atoms with Gasteiger partial charge >= 0.3 is 0 Å². The third kappa shape index (κ3) is 2.42. The Morgan fingerprint density at radius 3 is 2.56 bits per heavy atom. The van der Waals surface area contributed by atoms with E-state index in [0.29, 0.717) is 12.2 Å². The zero-order valence-electron chi connectivity index (χ0n) is 10.3. The van der Waals surface area contributed by atoms with E-state index in [0.717, 1.165) is 21.2 Å². The molecule has 1 aromatic heterocycles. The van der Waals surface area contributed by atoms with Gasteiger partial charge in [-0.15, -0.1) is 11.3 Å². The fraction of sp³-hybridized carbons (Fsp3) is 0.231. The number of hydrogen-bond acceptors (Lipinski definition) is 5. The second kappa shape index (κ2) is 5.29. The fourth-order valence-corrected chi connectivity index (χ4v) is 2.62. The van der Waals surface area contributed by atoms with Crippen LogP contribution in [0.1, 0.15) is 22.4 Å². The first-order chi connectivity index (χ1) is 8.65. The molecule has 0 saturated heterocycles. The van der Waals surface area contributed by atoms with Gasteiger partial charge in [0.25, 0.3) is 0 Å². The van der Waals surface area contributed by atoms with E-state index >= 15 is 0 Å². The molecule has 0 aliphatic heterocycles. The molecule has 2 rings (SSSR count). The second-order valence-corrected chi connectivity index (χ2v) is 4.86. The number of Topliss-reactive ketones (excluding diaryl/α,β-unsaturated/α-hetero) is 1. The number of nitrogens with two attached hydrogens (primary N) is 1. The van der Waals surface area contributed by atoms with Gasteiger partial charge in [0.15, 0.2) is 5.78 Å². The van der Waals surface area contributed by atoms with Crippen molar-refractivity contribution in [2.45, 2.75) is 13.5 Å². The monoisotopic (exact) mass is 262 g/mol. The highest BCUT2D eigenvalue weighted by Gasteiger charge is 2.15. The predicted octanol–water partition coefficient (Wildman–Crippen LogP) is 2.48. The molecule has 0 saturated carbocycles. The summed E-state index contributed by atoms with van der Waals surface area (Å²) in [5.74, 6) is 0.739. The first-order valence-corrected chi connectivity index (χ1v) is 6.32. The SMILES string of the molecule is COc1ccc(-c2sc(CN)nc2C(C)=O)cc1. The van der Waals surface area contributed by atoms with Crippen molar-refractivity contribution in [1.29, 1.82) is 0 Å². The third-order valence-corrected chi connectivity index (χ3v) is 3.66. The number of benzene rings is 1. The second-order valence-electron chi connectivity index (χ2n) is 3.77. The Hall–Kier alpha value is -1.72. The van der Waals surface area contributed by atoms with Gasteiger partial charge in [-0.1, -0.05) is 0 Å². The molecular formula is C13H14N2O2S. The molecule has 0 bridgehead atoms. The molecule has 0 fully saturated rings. The lowest BCUT2D eigenvalue weighted by Crippen LogP contribution is -1.98. The molecule has 1 heterocycles. The van der Waals surface area contributed by atoms with Crippen LogP contribution in [-0.2, 0) is 6.54 Å². The number of carbonyl (C=O) groups excluding carboxylic acids is 1. The molecule has 18 heavy (non-hydrogen) atoms. The van der Waals surface area contributed by atoms with Crippen LogP contribution in [0.3, 0.4) is 0 Å². The van der Waals surface area contributed by atoms with Gasteiger partial charge in [-0.05, 0) is 29.8 Å². The molecule has 2 N–H and O–H groups in total. The Morgan fingerprint density at radius 1 is 1.39 bits per heavy atom. The number of ketones is 1. The Balaban J connectivity index is 2.47. The minimum atomic E-state index is -0.0447. The number of nitrogens with zero attached hydrogens (tertiary/aromatic N) is 1. The van der Waals surface area contributed by atoms with E-state index in [1.54, 1.807) is 7.11 Å². The smallest absolute Gasteiger partial charge is 0.179 e. The molecule has 2 aromatic rings. The lowest BCUT2D eigenvalue weighted by Gasteiger charge is -2.02. The summed E-state index contributed by atoms with van der Waals surface area (Å²) in [4.78, 5) is 16.7. The van der Waals surface area contributed by atoms with Crippen molar-refractivity contribution in [3.63, 3.8) is 0 Å². The van der Waals surface area contributed by atoms with Crippen molar-refractivity contribution in [2.75, 3.05) is 7.11 Å². The lowest BCUT2D eigenvalue weighted by molar-refractivity contribution is 0.101. The Bertz CT molecular complexity index is 561. The van der Waals surface area contributed by atoms with Crippen LogP contribution in [0.5, 0.6) is 5.75 Å². The highest BCUT2D eigenvalue weighted by molar-refractivity contribution is 7.15. The summed E-state index contributed by atoms with van der Waals surface area (Å²) in [5.41, 5.74) is 7.02. The van der Waals surface area contributed by atoms with Gasteiger partial charge in [0.2, 0.25) is 0 Å². The molecule has 0 aliphatic rings. The Labute approximate surface area is 109 Å². The molecule has 0 radical (unpaired) electrons. The maximum absolute atomic E-state index is 11.6. The van der Waals surface area contributed by atoms with Crippen molar-refractivity contribution in [2.24, 2.45) is 5.73 Å². The van der Waals surface area contributed by atoms with E-state index < -0.39 is 0 Å². The summed E-state index contributed by atoms with van der Waals surface area (Å²) in [7, 11) is 1.62. The first kappa shape index (κ1) is 12.7. The molecule has 0 aliphatic carbocycles. The summed E-state index contributed by atoms with van der Waals surface area (Å²) in [6, 6.07) is 7.56. The van der Waals surface area contributed by atoms with Crippen LogP contribution in [0.25, 0.3) is 10.4 Å². The summed E-state index contributed by atoms with van der Waals surface area (Å²) >= 11 is 1.46. The number of ether oxygens (including phenoxy) is 1. The van der Waals surface area contributed by atoms with E-state index in [9.17, 15) is 4.79 Å². The van der Waals surface area contributed by atoms with Crippen molar-refractivity contribution in [3.05, 3.63) is 35.0 Å². The maximum Gasteiger partial charge on any atom is 0.179 e. The van der Waals surface area contributed by atoms with Gasteiger partial charge < -0.3 is 10.5 Å². The molecule has 0 spiro atoms. The van der Waals surface area contributed by atoms with Crippen molar-refractivity contribution >= 4 is 17.1 Å². The predicted molar refractivity (Wildman–Crippen MR) is 72.0 cm³/mol. The van der Waals surface area contributed by atoms with Crippen LogP contribution in [-0.4, -0.2) is 17.9 Å². The summed E-state index contributed by atoms with van der Waals surface area (Å²) in [6.45, 7) is 1.86. The van der Waals surface area contributed by atoms with Crippen LogP contribution in [0.4, 0.5) is 0 Å². The molecule has 4 nitrogen and oxygen atoms in total. The molecule has 0 amide bonds. The summed E-state index contributed by atoms with van der Waals surface area (Å²) in [5, 5.41) is 0.769. The van der Waals surface area contributed by atoms with Crippen molar-refractivity contribution < 1.29 is 9.53 Å². The van der Waals surface area contributed by atoms with Crippen molar-refractivity contribution in [1.82, 2.24) is 4.98 Å². The number of thiazole rings is 1. The topological polar surface area (TPSA) is 65.2 Å². The van der Waals surface area contributed by atoms with Crippen LogP contribution >= 0.6 is 11.3 Å². The first-order valence-electron chi connectivity index (χ1n) is 5.51. The van der Waals surface area contributed by atoms with Crippen LogP contribution in [0.15, 0.2) is 24.3 Å². The number of rotatable bonds is 4. The highest BCUT2D eigenvalue weighted by Crippen LogP contribution is 2.31. The van der Waals surface area contributed by atoms with Crippen LogP contribution < -0.4 is 10.5 Å². The minimum absolute atomic E-state index is 0.0447. The fourth-order valence-electron chi connectivity index (χ4n) is 1.63. The van der Waals surface area contributed by atoms with Gasteiger partial charge in [-0.2, -0.15) is 0 Å². The quantitative estimate of drug-likeness (QED) is 0.860. The van der Waals surface area contributed by atoms with Crippen LogP contribution in [0.2, 0.25) is 0 Å². The van der Waals surface area contributed by atoms with E-state index in [1.807, 2.05) is 24.3 Å². The average molecular weight is 262 g/mol. The third-order valence-electron chi connectivity index (χ3n) is 2.53. The summed E-state index contributed by atoms with van der Waals surface area (Å²) < 4.78 is 5.11. The highest BCUT2D eigenvalue weighted by atomic mass is 32.1. The number of methoxy groups -OCH3 is 1. The normalized spacial score (nSPS) is 10.4. The lowest BCUT2D eigenvalue weighted by atomic mass is 10.1. The standard InChI is InChI=1S/C13H14N2O2S/c1-8(16)12-13(18-11(7-14)15-12)9-3-5-10(17-2)6-4-9/h3-6H,7,14H2,1-2H3. The number of hydrogen-bond donors (Lipinski definition) is 1. The molecule has 1 aromatic carbocycles. The molecular weight excluding hydrogens is 248 g/mol. The molecule has 0 atom stereocenters. The zero-order valence-corrected chi connectivity index (χ0v) is 11.1. The number of carbonyl (C=O) groups is 1. The Kier molecular flexibility index (Phi) is 3.74. The van der Waals surface area contributed by atoms with E-state index in [4.69, 9.17) is 10.5 Å². The maximum atomic E-state index is 11.6. The summed E-state index contributed by atoms with van der Waals surface area (Å²) in [6.07, 6.45) is 0. The van der Waals surface area contributed by atoms with Gasteiger partial charge in [-0.3, -0.25) is 4.79 Å². The minimum Gasteiger partial charge on any atom is -0.497 e. The van der Waals surface area contributed by atoms with Gasteiger partial charge in [0, 0.05) is 13.5 Å². The van der Waals surface area contributed by atoms with Crippen molar-refractivity contribution in [3.8, 4) is 16.2 Å². The Morgan fingerprint density at radius 2 is 2.06 bits per heavy atom. The molecule has 5 heteroatoms. The van der Waals surface area contributed by atoms with Gasteiger partial charge in [0.05, 0.1) is 12.0 Å². The number of aromatic nitrogens is 1. The van der Waals surface area contributed by atoms with E-state index in [2.05, 4.69) is 4.98 Å². The molecule has 94 valence electrons. The average Bonchev–Trinajstić information content (AvgIpc) is 2.83. The molecule has 0 unspecified atom stereocenters. The largest absolute Gasteiger partial charge is 0.497 e.